The first-order chi connectivity index (χ1) is 9.78. The molecule has 3 heteroatoms. The van der Waals surface area contributed by atoms with Crippen LogP contribution in [-0.2, 0) is 12.8 Å². The maximum Gasteiger partial charge on any atom is 0.119 e. The van der Waals surface area contributed by atoms with Crippen molar-refractivity contribution in [2.45, 2.75) is 25.3 Å². The van der Waals surface area contributed by atoms with Crippen LogP contribution in [0, 0.1) is 0 Å². The summed E-state index contributed by atoms with van der Waals surface area (Å²) >= 11 is 0. The molecule has 0 amide bonds. The van der Waals surface area contributed by atoms with Crippen molar-refractivity contribution in [3.8, 4) is 5.75 Å². The summed E-state index contributed by atoms with van der Waals surface area (Å²) in [5.74, 6) is 0.407. The number of hydrogen-bond donors (Lipinski definition) is 3. The van der Waals surface area contributed by atoms with Gasteiger partial charge in [-0.15, -0.1) is 0 Å². The van der Waals surface area contributed by atoms with Gasteiger partial charge in [0.05, 0.1) is 6.04 Å². The van der Waals surface area contributed by atoms with Crippen LogP contribution in [0.1, 0.15) is 29.2 Å². The number of phenolic OH excluding ortho intramolecular Hbond substituents is 1. The van der Waals surface area contributed by atoms with E-state index in [9.17, 15) is 5.11 Å². The normalized spacial score (nSPS) is 16.9. The van der Waals surface area contributed by atoms with Crippen molar-refractivity contribution in [2.24, 2.45) is 0 Å². The van der Waals surface area contributed by atoms with E-state index in [1.165, 1.54) is 5.56 Å². The standard InChI is InChI=1S/C17H19NO2/c19-11-10-12-4-6-13(7-5-12)18-16-9-8-15-14(16)2-1-3-17(15)20/h1-7,16,18-20H,8-11H2. The van der Waals surface area contributed by atoms with Crippen molar-refractivity contribution in [1.82, 2.24) is 0 Å². The highest BCUT2D eigenvalue weighted by atomic mass is 16.3. The quantitative estimate of drug-likeness (QED) is 0.799. The lowest BCUT2D eigenvalue weighted by molar-refractivity contribution is 0.299. The van der Waals surface area contributed by atoms with Crippen LogP contribution < -0.4 is 5.32 Å². The molecule has 2 aromatic rings. The predicted octanol–water partition coefficient (Wildman–Crippen LogP) is 3.03. The predicted molar refractivity (Wildman–Crippen MR) is 80.0 cm³/mol. The molecule has 0 aliphatic heterocycles. The number of hydrogen-bond acceptors (Lipinski definition) is 3. The number of aliphatic hydroxyl groups excluding tert-OH is 1. The summed E-state index contributed by atoms with van der Waals surface area (Å²) < 4.78 is 0. The van der Waals surface area contributed by atoms with Gasteiger partial charge in [-0.25, -0.2) is 0 Å². The van der Waals surface area contributed by atoms with Crippen molar-refractivity contribution in [1.29, 1.82) is 0 Å². The molecule has 1 aliphatic carbocycles. The molecule has 0 spiro atoms. The van der Waals surface area contributed by atoms with E-state index >= 15 is 0 Å². The maximum atomic E-state index is 9.86. The van der Waals surface area contributed by atoms with Crippen LogP contribution in [0.3, 0.4) is 0 Å². The minimum Gasteiger partial charge on any atom is -0.508 e. The smallest absolute Gasteiger partial charge is 0.119 e. The summed E-state index contributed by atoms with van der Waals surface area (Å²) in [5, 5.41) is 22.3. The number of aromatic hydroxyl groups is 1. The molecule has 0 aromatic heterocycles. The SMILES string of the molecule is OCCc1ccc(NC2CCc3c(O)cccc32)cc1. The maximum absolute atomic E-state index is 9.86. The van der Waals surface area contributed by atoms with Gasteiger partial charge in [-0.3, -0.25) is 0 Å². The molecule has 3 nitrogen and oxygen atoms in total. The van der Waals surface area contributed by atoms with E-state index in [4.69, 9.17) is 5.11 Å². The Hall–Kier alpha value is -2.00. The second-order valence-corrected chi connectivity index (χ2v) is 5.25. The van der Waals surface area contributed by atoms with E-state index in [-0.39, 0.29) is 12.6 Å². The number of anilines is 1. The third-order valence-corrected chi connectivity index (χ3v) is 3.94. The number of phenols is 1. The van der Waals surface area contributed by atoms with Gasteiger partial charge in [0.1, 0.15) is 5.75 Å². The van der Waals surface area contributed by atoms with Gasteiger partial charge >= 0.3 is 0 Å². The van der Waals surface area contributed by atoms with Crippen LogP contribution in [-0.4, -0.2) is 16.8 Å². The van der Waals surface area contributed by atoms with E-state index in [0.717, 1.165) is 29.7 Å². The van der Waals surface area contributed by atoms with Crippen molar-refractivity contribution in [3.05, 3.63) is 59.2 Å². The van der Waals surface area contributed by atoms with Crippen molar-refractivity contribution in [2.75, 3.05) is 11.9 Å². The van der Waals surface area contributed by atoms with Crippen LogP contribution in [0.25, 0.3) is 0 Å². The molecule has 104 valence electrons. The molecule has 0 bridgehead atoms. The molecule has 3 rings (SSSR count). The van der Waals surface area contributed by atoms with Gasteiger partial charge in [-0.2, -0.15) is 0 Å². The van der Waals surface area contributed by atoms with E-state index < -0.39 is 0 Å². The third kappa shape index (κ3) is 2.49. The fourth-order valence-electron chi connectivity index (χ4n) is 2.88. The number of aliphatic hydroxyl groups is 1. The first-order valence-corrected chi connectivity index (χ1v) is 7.05. The highest BCUT2D eigenvalue weighted by molar-refractivity contribution is 5.51. The summed E-state index contributed by atoms with van der Waals surface area (Å²) in [4.78, 5) is 0. The largest absolute Gasteiger partial charge is 0.508 e. The highest BCUT2D eigenvalue weighted by Gasteiger charge is 2.24. The Morgan fingerprint density at radius 2 is 1.90 bits per heavy atom. The summed E-state index contributed by atoms with van der Waals surface area (Å²) in [6.45, 7) is 0.183. The van der Waals surface area contributed by atoms with E-state index in [0.29, 0.717) is 12.2 Å². The van der Waals surface area contributed by atoms with Crippen LogP contribution in [0.15, 0.2) is 42.5 Å². The fraction of sp³-hybridized carbons (Fsp3) is 0.294. The van der Waals surface area contributed by atoms with Gasteiger partial charge in [-0.1, -0.05) is 24.3 Å². The van der Waals surface area contributed by atoms with E-state index in [1.54, 1.807) is 6.07 Å². The van der Waals surface area contributed by atoms with Gasteiger partial charge in [0.15, 0.2) is 0 Å². The second kappa shape index (κ2) is 5.55. The Morgan fingerprint density at radius 3 is 2.65 bits per heavy atom. The van der Waals surface area contributed by atoms with Gasteiger partial charge < -0.3 is 15.5 Å². The molecule has 1 atom stereocenters. The first kappa shape index (κ1) is 13.0. The lowest BCUT2D eigenvalue weighted by Crippen LogP contribution is -2.07. The summed E-state index contributed by atoms with van der Waals surface area (Å²) in [5.41, 5.74) is 4.49. The highest BCUT2D eigenvalue weighted by Crippen LogP contribution is 2.38. The molecule has 2 aromatic carbocycles. The minimum absolute atomic E-state index is 0.183. The van der Waals surface area contributed by atoms with Crippen LogP contribution in [0.4, 0.5) is 5.69 Å². The second-order valence-electron chi connectivity index (χ2n) is 5.25. The average molecular weight is 269 g/mol. The molecule has 1 unspecified atom stereocenters. The Kier molecular flexibility index (Phi) is 3.61. The Bertz CT molecular complexity index is 592. The lowest BCUT2D eigenvalue weighted by Gasteiger charge is -2.16. The van der Waals surface area contributed by atoms with Crippen LogP contribution >= 0.6 is 0 Å². The topological polar surface area (TPSA) is 52.5 Å². The number of fused-ring (bicyclic) bond motifs is 1. The molecule has 0 fully saturated rings. The molecule has 0 saturated carbocycles. The summed E-state index contributed by atoms with van der Waals surface area (Å²) in [6, 6.07) is 14.2. The van der Waals surface area contributed by atoms with Gasteiger partial charge in [0, 0.05) is 12.3 Å². The Balaban J connectivity index is 1.75. The van der Waals surface area contributed by atoms with Gasteiger partial charge in [0.25, 0.3) is 0 Å². The zero-order valence-corrected chi connectivity index (χ0v) is 11.3. The summed E-state index contributed by atoms with van der Waals surface area (Å²) in [7, 11) is 0. The molecular formula is C17H19NO2. The first-order valence-electron chi connectivity index (χ1n) is 7.05. The zero-order chi connectivity index (χ0) is 13.9. The molecular weight excluding hydrogens is 250 g/mol. The molecule has 0 radical (unpaired) electrons. The molecule has 1 aliphatic rings. The van der Waals surface area contributed by atoms with E-state index in [2.05, 4.69) is 11.4 Å². The average Bonchev–Trinajstić information content (AvgIpc) is 2.86. The minimum atomic E-state index is 0.183. The van der Waals surface area contributed by atoms with Crippen LogP contribution in [0.2, 0.25) is 0 Å². The lowest BCUT2D eigenvalue weighted by atomic mass is 10.1. The molecule has 3 N–H and O–H groups in total. The van der Waals surface area contributed by atoms with Crippen molar-refractivity contribution < 1.29 is 10.2 Å². The van der Waals surface area contributed by atoms with E-state index in [1.807, 2.05) is 30.3 Å². The zero-order valence-electron chi connectivity index (χ0n) is 11.3. The van der Waals surface area contributed by atoms with Gasteiger partial charge in [-0.05, 0) is 54.2 Å². The monoisotopic (exact) mass is 269 g/mol. The van der Waals surface area contributed by atoms with Gasteiger partial charge in [0.2, 0.25) is 0 Å². The number of benzene rings is 2. The third-order valence-electron chi connectivity index (χ3n) is 3.94. The van der Waals surface area contributed by atoms with Crippen LogP contribution in [0.5, 0.6) is 5.75 Å². The Morgan fingerprint density at radius 1 is 1.10 bits per heavy atom. The Labute approximate surface area is 118 Å². The summed E-state index contributed by atoms with van der Waals surface area (Å²) in [6.07, 6.45) is 2.62. The van der Waals surface area contributed by atoms with Crippen molar-refractivity contribution in [3.63, 3.8) is 0 Å². The number of nitrogens with one attached hydrogen (secondary N) is 1. The molecule has 0 heterocycles. The van der Waals surface area contributed by atoms with Crippen molar-refractivity contribution >= 4 is 5.69 Å². The molecule has 0 saturated heterocycles. The molecule has 20 heavy (non-hydrogen) atoms. The fourth-order valence-corrected chi connectivity index (χ4v) is 2.88. The number of rotatable bonds is 4.